The second-order valence-electron chi connectivity index (χ2n) is 3.80. The smallest absolute Gasteiger partial charge is 0.131 e. The highest BCUT2D eigenvalue weighted by atomic mass is 79.9. The predicted octanol–water partition coefficient (Wildman–Crippen LogP) is 3.69. The third-order valence-corrected chi connectivity index (χ3v) is 2.97. The lowest BCUT2D eigenvalue weighted by atomic mass is 9.98. The molecule has 0 unspecified atom stereocenters. The molecule has 0 aliphatic carbocycles. The fraction of sp³-hybridized carbons (Fsp3) is 0.133. The molecule has 1 heterocycles. The molecule has 0 fully saturated rings. The van der Waals surface area contributed by atoms with Gasteiger partial charge in [0.1, 0.15) is 11.6 Å². The lowest BCUT2D eigenvalue weighted by molar-refractivity contribution is 0.304. The molecule has 106 valence electrons. The molecule has 0 saturated carbocycles. The van der Waals surface area contributed by atoms with Crippen molar-refractivity contribution in [3.8, 4) is 0 Å². The zero-order chi connectivity index (χ0) is 15.1. The molecular formula is C15H17BrN2O2. The molecule has 2 N–H and O–H groups in total. The van der Waals surface area contributed by atoms with Crippen LogP contribution in [0.4, 0.5) is 5.82 Å². The largest absolute Gasteiger partial charge is 0.504 e. The second-order valence-corrected chi connectivity index (χ2v) is 4.71. The van der Waals surface area contributed by atoms with Gasteiger partial charge < -0.3 is 15.2 Å². The number of aromatic nitrogens is 1. The lowest BCUT2D eigenvalue weighted by Gasteiger charge is -2.15. The Kier molecular flexibility index (Phi) is 6.06. The van der Waals surface area contributed by atoms with Gasteiger partial charge in [0.15, 0.2) is 0 Å². The van der Waals surface area contributed by atoms with Crippen molar-refractivity contribution in [3.63, 3.8) is 0 Å². The number of hydrogen-bond donors (Lipinski definition) is 1. The van der Waals surface area contributed by atoms with E-state index in [0.29, 0.717) is 22.7 Å². The lowest BCUT2D eigenvalue weighted by Crippen LogP contribution is -2.02. The van der Waals surface area contributed by atoms with Crippen LogP contribution in [-0.4, -0.2) is 19.2 Å². The molecule has 20 heavy (non-hydrogen) atoms. The Labute approximate surface area is 127 Å². The Hall–Kier alpha value is -2.01. The van der Waals surface area contributed by atoms with E-state index in [2.05, 4.69) is 34.1 Å². The number of anilines is 1. The van der Waals surface area contributed by atoms with E-state index >= 15 is 0 Å². The molecule has 0 atom stereocenters. The van der Waals surface area contributed by atoms with E-state index in [9.17, 15) is 0 Å². The van der Waals surface area contributed by atoms with Gasteiger partial charge in [-0.25, -0.2) is 4.98 Å². The molecule has 0 saturated heterocycles. The summed E-state index contributed by atoms with van der Waals surface area (Å²) in [6.45, 7) is 7.56. The Bertz CT molecular complexity index is 577. The first-order chi connectivity index (χ1) is 9.54. The molecule has 0 spiro atoms. The first kappa shape index (κ1) is 16.0. The van der Waals surface area contributed by atoms with E-state index in [4.69, 9.17) is 15.2 Å². The van der Waals surface area contributed by atoms with E-state index in [1.807, 2.05) is 6.07 Å². The number of hydrogen-bond acceptors (Lipinski definition) is 4. The van der Waals surface area contributed by atoms with Crippen LogP contribution >= 0.6 is 15.9 Å². The highest BCUT2D eigenvalue weighted by molar-refractivity contribution is 9.10. The SMILES string of the molecule is C=C/C=C(C(=C)OC)/C(=C\OC)c1cc(Br)cnc1N. The molecule has 0 aliphatic rings. The zero-order valence-electron chi connectivity index (χ0n) is 11.5. The fourth-order valence-electron chi connectivity index (χ4n) is 1.62. The van der Waals surface area contributed by atoms with E-state index in [0.717, 1.165) is 10.0 Å². The third-order valence-electron chi connectivity index (χ3n) is 2.53. The summed E-state index contributed by atoms with van der Waals surface area (Å²) in [6, 6.07) is 1.85. The van der Waals surface area contributed by atoms with Gasteiger partial charge >= 0.3 is 0 Å². The molecule has 0 bridgehead atoms. The van der Waals surface area contributed by atoms with Crippen molar-refractivity contribution >= 4 is 27.3 Å². The van der Waals surface area contributed by atoms with Crippen molar-refractivity contribution in [1.82, 2.24) is 4.98 Å². The Morgan fingerprint density at radius 1 is 1.45 bits per heavy atom. The number of nitrogen functional groups attached to an aromatic ring is 1. The van der Waals surface area contributed by atoms with Crippen LogP contribution in [0.25, 0.3) is 5.57 Å². The molecule has 1 aromatic rings. The van der Waals surface area contributed by atoms with Crippen molar-refractivity contribution in [2.45, 2.75) is 0 Å². The fourth-order valence-corrected chi connectivity index (χ4v) is 1.95. The van der Waals surface area contributed by atoms with Gasteiger partial charge in [0, 0.05) is 27.4 Å². The van der Waals surface area contributed by atoms with Crippen LogP contribution in [-0.2, 0) is 9.47 Å². The van der Waals surface area contributed by atoms with Crippen LogP contribution in [0.1, 0.15) is 5.56 Å². The molecule has 5 heteroatoms. The molecule has 4 nitrogen and oxygen atoms in total. The van der Waals surface area contributed by atoms with Crippen molar-refractivity contribution < 1.29 is 9.47 Å². The number of nitrogens with zero attached hydrogens (tertiary/aromatic N) is 1. The summed E-state index contributed by atoms with van der Waals surface area (Å²) in [5.74, 6) is 0.864. The van der Waals surface area contributed by atoms with E-state index in [-0.39, 0.29) is 0 Å². The first-order valence-electron chi connectivity index (χ1n) is 5.75. The van der Waals surface area contributed by atoms with Crippen LogP contribution in [0.3, 0.4) is 0 Å². The molecular weight excluding hydrogens is 320 g/mol. The second kappa shape index (κ2) is 7.55. The topological polar surface area (TPSA) is 57.4 Å². The summed E-state index contributed by atoms with van der Waals surface area (Å²) in [6.07, 6.45) is 6.62. The summed E-state index contributed by atoms with van der Waals surface area (Å²) in [5, 5.41) is 0. The number of ether oxygens (including phenoxy) is 2. The minimum Gasteiger partial charge on any atom is -0.504 e. The molecule has 1 aromatic heterocycles. The monoisotopic (exact) mass is 336 g/mol. The summed E-state index contributed by atoms with van der Waals surface area (Å²) in [7, 11) is 3.11. The van der Waals surface area contributed by atoms with E-state index in [1.165, 1.54) is 0 Å². The average Bonchev–Trinajstić information content (AvgIpc) is 2.44. The summed E-state index contributed by atoms with van der Waals surface area (Å²) < 4.78 is 11.2. The quantitative estimate of drug-likeness (QED) is 0.635. The zero-order valence-corrected chi connectivity index (χ0v) is 13.1. The van der Waals surface area contributed by atoms with Gasteiger partial charge in [-0.1, -0.05) is 25.3 Å². The Balaban J connectivity index is 3.47. The van der Waals surface area contributed by atoms with Gasteiger partial charge in [-0.2, -0.15) is 0 Å². The van der Waals surface area contributed by atoms with Crippen molar-refractivity contribution in [3.05, 3.63) is 65.2 Å². The minimum absolute atomic E-state index is 0.385. The molecule has 0 aromatic carbocycles. The number of rotatable bonds is 6. The van der Waals surface area contributed by atoms with Crippen LogP contribution < -0.4 is 5.73 Å². The maximum atomic E-state index is 5.94. The van der Waals surface area contributed by atoms with Crippen molar-refractivity contribution in [2.75, 3.05) is 20.0 Å². The number of halogens is 1. The third kappa shape index (κ3) is 3.74. The van der Waals surface area contributed by atoms with Gasteiger partial charge in [0.2, 0.25) is 0 Å². The summed E-state index contributed by atoms with van der Waals surface area (Å²) in [5.41, 5.74) is 8.09. The van der Waals surface area contributed by atoms with Crippen LogP contribution in [0, 0.1) is 0 Å². The van der Waals surface area contributed by atoms with Gasteiger partial charge in [0.25, 0.3) is 0 Å². The van der Waals surface area contributed by atoms with E-state index in [1.54, 1.807) is 38.8 Å². The number of methoxy groups -OCH3 is 2. The molecule has 0 radical (unpaired) electrons. The van der Waals surface area contributed by atoms with Crippen LogP contribution in [0.15, 0.2) is 59.6 Å². The van der Waals surface area contributed by atoms with Gasteiger partial charge in [-0.05, 0) is 22.0 Å². The van der Waals surface area contributed by atoms with Gasteiger partial charge in [-0.3, -0.25) is 0 Å². The molecule has 0 aliphatic heterocycles. The van der Waals surface area contributed by atoms with Crippen molar-refractivity contribution in [1.29, 1.82) is 0 Å². The maximum Gasteiger partial charge on any atom is 0.131 e. The van der Waals surface area contributed by atoms with Crippen LogP contribution in [0.2, 0.25) is 0 Å². The number of allylic oxidation sites excluding steroid dienone is 3. The Morgan fingerprint density at radius 3 is 2.70 bits per heavy atom. The predicted molar refractivity (Wildman–Crippen MR) is 85.8 cm³/mol. The summed E-state index contributed by atoms with van der Waals surface area (Å²) in [4.78, 5) is 4.12. The molecule has 0 amide bonds. The Morgan fingerprint density at radius 2 is 2.15 bits per heavy atom. The van der Waals surface area contributed by atoms with Crippen molar-refractivity contribution in [2.24, 2.45) is 0 Å². The number of pyridine rings is 1. The normalized spacial score (nSPS) is 11.9. The maximum absolute atomic E-state index is 5.94. The minimum atomic E-state index is 0.385. The summed E-state index contributed by atoms with van der Waals surface area (Å²) >= 11 is 3.38. The first-order valence-corrected chi connectivity index (χ1v) is 6.55. The highest BCUT2D eigenvalue weighted by Crippen LogP contribution is 2.32. The average molecular weight is 337 g/mol. The van der Waals surface area contributed by atoms with Crippen LogP contribution in [0.5, 0.6) is 0 Å². The number of nitrogens with two attached hydrogens (primary N) is 1. The van der Waals surface area contributed by atoms with E-state index < -0.39 is 0 Å². The van der Waals surface area contributed by atoms with Gasteiger partial charge in [0.05, 0.1) is 20.5 Å². The van der Waals surface area contributed by atoms with Gasteiger partial charge in [-0.15, -0.1) is 0 Å². The highest BCUT2D eigenvalue weighted by Gasteiger charge is 2.16. The molecule has 1 rings (SSSR count). The standard InChI is InChI=1S/C15H17BrN2O2/c1-5-6-12(10(2)20-4)14(9-19-3)13-7-11(16)8-18-15(13)17/h5-9H,1-2H2,3-4H3,(H2,17,18)/b12-6+,14-9+.